The molecule has 0 unspecified atom stereocenters. The third-order valence-electron chi connectivity index (χ3n) is 4.85. The predicted octanol–water partition coefficient (Wildman–Crippen LogP) is 5.09. The maximum atomic E-state index is 13.6. The highest BCUT2D eigenvalue weighted by atomic mass is 35.5. The molecule has 4 aromatic rings. The topological polar surface area (TPSA) is 45.7 Å². The van der Waals surface area contributed by atoms with Gasteiger partial charge >= 0.3 is 0 Å². The second-order valence-electron chi connectivity index (χ2n) is 7.12. The van der Waals surface area contributed by atoms with Gasteiger partial charge in [0.15, 0.2) is 5.13 Å². The third kappa shape index (κ3) is 4.41. The fourth-order valence-corrected chi connectivity index (χ4v) is 4.25. The van der Waals surface area contributed by atoms with Crippen LogP contribution in [-0.2, 0) is 0 Å². The van der Waals surface area contributed by atoms with Crippen molar-refractivity contribution in [1.29, 1.82) is 0 Å². The lowest BCUT2D eigenvalue weighted by Gasteiger charge is -2.22. The molecule has 0 aliphatic rings. The van der Waals surface area contributed by atoms with Crippen molar-refractivity contribution in [3.8, 4) is 5.75 Å². The summed E-state index contributed by atoms with van der Waals surface area (Å²) in [6.07, 6.45) is 0. The maximum Gasteiger partial charge on any atom is 0.260 e. The number of nitrogens with zero attached hydrogens (tertiary/aromatic N) is 3. The molecule has 0 spiro atoms. The highest BCUT2D eigenvalue weighted by molar-refractivity contribution is 7.22. The number of halogens is 1. The monoisotopic (exact) mass is 441 g/mol. The number of amides is 1. The van der Waals surface area contributed by atoms with Crippen LogP contribution in [0.4, 0.5) is 5.13 Å². The SMILES string of the molecule is COc1ccc2sc(N(CCN(C)C)C(=O)c3cccc4ccccc34)nc2c1.Cl. The Morgan fingerprint density at radius 1 is 1.03 bits per heavy atom. The van der Waals surface area contributed by atoms with Crippen molar-refractivity contribution in [3.05, 3.63) is 66.2 Å². The molecular weight excluding hydrogens is 418 g/mol. The van der Waals surface area contributed by atoms with Gasteiger partial charge < -0.3 is 9.64 Å². The van der Waals surface area contributed by atoms with Crippen molar-refractivity contribution in [2.45, 2.75) is 0 Å². The molecule has 30 heavy (non-hydrogen) atoms. The van der Waals surface area contributed by atoms with Crippen LogP contribution in [0.3, 0.4) is 0 Å². The van der Waals surface area contributed by atoms with Crippen molar-refractivity contribution < 1.29 is 9.53 Å². The number of hydrogen-bond acceptors (Lipinski definition) is 5. The summed E-state index contributed by atoms with van der Waals surface area (Å²) in [4.78, 5) is 22.2. The molecular formula is C23H24ClN3O2S. The lowest BCUT2D eigenvalue weighted by Crippen LogP contribution is -2.36. The minimum Gasteiger partial charge on any atom is -0.497 e. The molecule has 0 aliphatic heterocycles. The summed E-state index contributed by atoms with van der Waals surface area (Å²) in [5.41, 5.74) is 1.53. The number of fused-ring (bicyclic) bond motifs is 2. The Labute approximate surface area is 186 Å². The summed E-state index contributed by atoms with van der Waals surface area (Å²) < 4.78 is 6.34. The molecule has 0 bridgehead atoms. The van der Waals surface area contributed by atoms with E-state index in [4.69, 9.17) is 9.72 Å². The molecule has 1 heterocycles. The molecule has 7 heteroatoms. The molecule has 1 aromatic heterocycles. The summed E-state index contributed by atoms with van der Waals surface area (Å²) >= 11 is 1.52. The summed E-state index contributed by atoms with van der Waals surface area (Å²) in [6, 6.07) is 19.6. The zero-order chi connectivity index (χ0) is 20.4. The predicted molar refractivity (Wildman–Crippen MR) is 128 cm³/mol. The number of anilines is 1. The number of benzene rings is 3. The third-order valence-corrected chi connectivity index (χ3v) is 5.91. The Hall–Kier alpha value is -2.67. The van der Waals surface area contributed by atoms with E-state index < -0.39 is 0 Å². The number of aromatic nitrogens is 1. The van der Waals surface area contributed by atoms with Gasteiger partial charge in [-0.15, -0.1) is 12.4 Å². The normalized spacial score (nSPS) is 10.9. The fourth-order valence-electron chi connectivity index (χ4n) is 3.28. The zero-order valence-electron chi connectivity index (χ0n) is 17.2. The summed E-state index contributed by atoms with van der Waals surface area (Å²) in [5.74, 6) is 0.726. The number of rotatable bonds is 6. The Balaban J connectivity index is 0.00000256. The van der Waals surface area contributed by atoms with E-state index in [2.05, 4.69) is 4.90 Å². The van der Waals surface area contributed by atoms with Crippen LogP contribution in [-0.4, -0.2) is 50.1 Å². The number of carbonyl (C=O) groups is 1. The van der Waals surface area contributed by atoms with Crippen molar-refractivity contribution in [3.63, 3.8) is 0 Å². The summed E-state index contributed by atoms with van der Waals surface area (Å²) in [6.45, 7) is 1.31. The highest BCUT2D eigenvalue weighted by Crippen LogP contribution is 2.32. The summed E-state index contributed by atoms with van der Waals surface area (Å²) in [7, 11) is 5.65. The standard InChI is InChI=1S/C23H23N3O2S.ClH/c1-25(2)13-14-26(23-24-20-15-17(28-3)11-12-21(20)29-23)22(27)19-10-6-8-16-7-4-5-9-18(16)19;/h4-12,15H,13-14H2,1-3H3;1H. The summed E-state index contributed by atoms with van der Waals surface area (Å²) in [5, 5.41) is 2.71. The highest BCUT2D eigenvalue weighted by Gasteiger charge is 2.23. The van der Waals surface area contributed by atoms with Gasteiger partial charge in [0.05, 0.1) is 17.3 Å². The van der Waals surface area contributed by atoms with Gasteiger partial charge in [-0.25, -0.2) is 4.98 Å². The quantitative estimate of drug-likeness (QED) is 0.418. The van der Waals surface area contributed by atoms with Gasteiger partial charge in [-0.2, -0.15) is 0 Å². The number of likely N-dealkylation sites (N-methyl/N-ethyl adjacent to an activating group) is 1. The number of carbonyl (C=O) groups excluding carboxylic acids is 1. The molecule has 5 nitrogen and oxygen atoms in total. The molecule has 0 saturated heterocycles. The van der Waals surface area contributed by atoms with Crippen LogP contribution in [0.1, 0.15) is 10.4 Å². The van der Waals surface area contributed by atoms with Crippen molar-refractivity contribution in [1.82, 2.24) is 9.88 Å². The lowest BCUT2D eigenvalue weighted by atomic mass is 10.0. The first-order valence-electron chi connectivity index (χ1n) is 9.46. The van der Waals surface area contributed by atoms with Crippen LogP contribution in [0, 0.1) is 0 Å². The molecule has 156 valence electrons. The van der Waals surface area contributed by atoms with Gasteiger partial charge in [-0.1, -0.05) is 47.7 Å². The van der Waals surface area contributed by atoms with E-state index in [0.717, 1.165) is 33.3 Å². The van der Waals surface area contributed by atoms with Crippen LogP contribution in [0.15, 0.2) is 60.7 Å². The molecule has 4 rings (SSSR count). The Morgan fingerprint density at radius 2 is 1.80 bits per heavy atom. The molecule has 0 fully saturated rings. The lowest BCUT2D eigenvalue weighted by molar-refractivity contribution is 0.0987. The van der Waals surface area contributed by atoms with Crippen LogP contribution in [0.2, 0.25) is 0 Å². The Bertz CT molecular complexity index is 1170. The largest absolute Gasteiger partial charge is 0.497 e. The van der Waals surface area contributed by atoms with E-state index in [1.807, 2.05) is 74.8 Å². The first-order valence-corrected chi connectivity index (χ1v) is 10.3. The van der Waals surface area contributed by atoms with E-state index in [0.29, 0.717) is 17.2 Å². The molecule has 1 amide bonds. The van der Waals surface area contributed by atoms with Crippen LogP contribution in [0.25, 0.3) is 21.0 Å². The average Bonchev–Trinajstić information content (AvgIpc) is 3.15. The maximum absolute atomic E-state index is 13.6. The molecule has 0 aliphatic carbocycles. The van der Waals surface area contributed by atoms with Crippen molar-refractivity contribution in [2.24, 2.45) is 0 Å². The first-order chi connectivity index (χ1) is 14.1. The van der Waals surface area contributed by atoms with Crippen LogP contribution < -0.4 is 9.64 Å². The molecule has 3 aromatic carbocycles. The van der Waals surface area contributed by atoms with E-state index in [9.17, 15) is 4.79 Å². The van der Waals surface area contributed by atoms with Gasteiger partial charge in [-0.05, 0) is 43.1 Å². The fraction of sp³-hybridized carbons (Fsp3) is 0.217. The smallest absolute Gasteiger partial charge is 0.260 e. The van der Waals surface area contributed by atoms with E-state index in [-0.39, 0.29) is 18.3 Å². The van der Waals surface area contributed by atoms with Crippen LogP contribution >= 0.6 is 23.7 Å². The Morgan fingerprint density at radius 3 is 2.57 bits per heavy atom. The second-order valence-corrected chi connectivity index (χ2v) is 8.13. The average molecular weight is 442 g/mol. The molecule has 0 N–H and O–H groups in total. The van der Waals surface area contributed by atoms with Gasteiger partial charge in [0.25, 0.3) is 5.91 Å². The van der Waals surface area contributed by atoms with Crippen LogP contribution in [0.5, 0.6) is 5.75 Å². The number of ether oxygens (including phenoxy) is 1. The van der Waals surface area contributed by atoms with Crippen molar-refractivity contribution >= 4 is 55.8 Å². The van der Waals surface area contributed by atoms with Gasteiger partial charge in [0.2, 0.25) is 0 Å². The molecule has 0 radical (unpaired) electrons. The minimum atomic E-state index is -0.0327. The number of methoxy groups -OCH3 is 1. The van der Waals surface area contributed by atoms with E-state index in [1.54, 1.807) is 12.0 Å². The molecule has 0 saturated carbocycles. The Kier molecular flexibility index (Phi) is 6.92. The van der Waals surface area contributed by atoms with Gasteiger partial charge in [0, 0.05) is 24.7 Å². The number of hydrogen-bond donors (Lipinski definition) is 0. The van der Waals surface area contributed by atoms with Crippen molar-refractivity contribution in [2.75, 3.05) is 39.2 Å². The molecule has 0 atom stereocenters. The van der Waals surface area contributed by atoms with Gasteiger partial charge in [0.1, 0.15) is 5.75 Å². The van der Waals surface area contributed by atoms with E-state index in [1.165, 1.54) is 11.3 Å². The number of thiazole rings is 1. The van der Waals surface area contributed by atoms with Gasteiger partial charge in [-0.3, -0.25) is 9.69 Å². The zero-order valence-corrected chi connectivity index (χ0v) is 18.8. The first kappa shape index (κ1) is 22.0. The second kappa shape index (κ2) is 9.43. The van der Waals surface area contributed by atoms with E-state index >= 15 is 0 Å². The minimum absolute atomic E-state index is 0.